The van der Waals surface area contributed by atoms with Gasteiger partial charge in [-0.15, -0.1) is 0 Å². The van der Waals surface area contributed by atoms with Crippen molar-refractivity contribution in [1.29, 1.82) is 0 Å². The van der Waals surface area contributed by atoms with Gasteiger partial charge in [-0.1, -0.05) is 23.8 Å². The summed E-state index contributed by atoms with van der Waals surface area (Å²) in [6.45, 7) is 10.1. The van der Waals surface area contributed by atoms with Crippen molar-refractivity contribution in [2.45, 2.75) is 52.8 Å². The average molecular weight is 445 g/mol. The predicted octanol–water partition coefficient (Wildman–Crippen LogP) is 4.38. The molecule has 1 fully saturated rings. The molecule has 1 N–H and O–H groups in total. The van der Waals surface area contributed by atoms with Gasteiger partial charge in [-0.3, -0.25) is 14.7 Å². The summed E-state index contributed by atoms with van der Waals surface area (Å²) in [5.41, 5.74) is 7.07. The van der Waals surface area contributed by atoms with Gasteiger partial charge in [0, 0.05) is 56.4 Å². The summed E-state index contributed by atoms with van der Waals surface area (Å²) in [6, 6.07) is 11.8. The summed E-state index contributed by atoms with van der Waals surface area (Å²) in [4.78, 5) is 23.0. The zero-order valence-corrected chi connectivity index (χ0v) is 19.7. The molecule has 3 aromatic rings. The summed E-state index contributed by atoms with van der Waals surface area (Å²) in [5, 5.41) is 2.90. The number of aromatic nitrogens is 2. The quantitative estimate of drug-likeness (QED) is 0.586. The number of carbonyl (C=O) groups excluding carboxylic acids is 1. The molecule has 1 aliphatic rings. The van der Waals surface area contributed by atoms with Gasteiger partial charge in [0.1, 0.15) is 6.10 Å². The Morgan fingerprint density at radius 3 is 2.39 bits per heavy atom. The van der Waals surface area contributed by atoms with E-state index in [1.165, 1.54) is 22.3 Å². The maximum Gasteiger partial charge on any atom is 0.251 e. The van der Waals surface area contributed by atoms with Crippen molar-refractivity contribution in [3.63, 3.8) is 0 Å². The number of pyridine rings is 2. The van der Waals surface area contributed by atoms with Gasteiger partial charge in [-0.05, 0) is 68.0 Å². The van der Waals surface area contributed by atoms with Crippen LogP contribution in [-0.2, 0) is 13.1 Å². The highest BCUT2D eigenvalue weighted by molar-refractivity contribution is 5.93. The van der Waals surface area contributed by atoms with Crippen LogP contribution >= 0.6 is 0 Å². The van der Waals surface area contributed by atoms with Gasteiger partial charge in [-0.2, -0.15) is 0 Å². The molecule has 6 heteroatoms. The van der Waals surface area contributed by atoms with E-state index in [0.717, 1.165) is 38.0 Å². The van der Waals surface area contributed by atoms with Crippen LogP contribution in [0.15, 0.2) is 55.0 Å². The Morgan fingerprint density at radius 2 is 1.76 bits per heavy atom. The van der Waals surface area contributed by atoms with E-state index in [0.29, 0.717) is 18.0 Å². The maximum atomic E-state index is 12.2. The number of likely N-dealkylation sites (tertiary alicyclic amines) is 1. The first-order valence-corrected chi connectivity index (χ1v) is 11.6. The molecule has 33 heavy (non-hydrogen) atoms. The van der Waals surface area contributed by atoms with Crippen molar-refractivity contribution < 1.29 is 9.53 Å². The third kappa shape index (κ3) is 6.17. The predicted molar refractivity (Wildman–Crippen MR) is 129 cm³/mol. The fraction of sp³-hybridized carbons (Fsp3) is 0.370. The smallest absolute Gasteiger partial charge is 0.251 e. The van der Waals surface area contributed by atoms with E-state index in [1.54, 1.807) is 30.7 Å². The highest BCUT2D eigenvalue weighted by Gasteiger charge is 2.22. The average Bonchev–Trinajstić information content (AvgIpc) is 2.82. The Morgan fingerprint density at radius 1 is 1.06 bits per heavy atom. The SMILES string of the molecule is Cc1cc(C)c(CN2CCC(Oc3ccc(CNC(=O)c4ccncc4)cn3)CC2)c(C)c1. The van der Waals surface area contributed by atoms with Crippen molar-refractivity contribution in [3.05, 3.63) is 88.4 Å². The van der Waals surface area contributed by atoms with Gasteiger partial charge < -0.3 is 10.1 Å². The largest absolute Gasteiger partial charge is 0.474 e. The van der Waals surface area contributed by atoms with Crippen LogP contribution in [0.25, 0.3) is 0 Å². The number of hydrogen-bond donors (Lipinski definition) is 1. The second kappa shape index (κ2) is 10.6. The van der Waals surface area contributed by atoms with E-state index in [1.807, 2.05) is 12.1 Å². The number of aryl methyl sites for hydroxylation is 3. The lowest BCUT2D eigenvalue weighted by atomic mass is 9.98. The van der Waals surface area contributed by atoms with E-state index >= 15 is 0 Å². The molecule has 0 atom stereocenters. The third-order valence-electron chi connectivity index (χ3n) is 6.24. The van der Waals surface area contributed by atoms with E-state index in [-0.39, 0.29) is 12.0 Å². The summed E-state index contributed by atoms with van der Waals surface area (Å²) < 4.78 is 6.13. The Labute approximate surface area is 196 Å². The van der Waals surface area contributed by atoms with Crippen LogP contribution < -0.4 is 10.1 Å². The van der Waals surface area contributed by atoms with Crippen LogP contribution in [0.1, 0.15) is 51.0 Å². The monoisotopic (exact) mass is 444 g/mol. The molecular formula is C27H32N4O2. The van der Waals surface area contributed by atoms with Gasteiger partial charge in [0.2, 0.25) is 5.88 Å². The number of nitrogens with one attached hydrogen (secondary N) is 1. The minimum atomic E-state index is -0.125. The molecule has 4 rings (SSSR count). The molecular weight excluding hydrogens is 412 g/mol. The molecule has 6 nitrogen and oxygen atoms in total. The van der Waals surface area contributed by atoms with Crippen LogP contribution in [-0.4, -0.2) is 40.0 Å². The van der Waals surface area contributed by atoms with Gasteiger partial charge in [0.15, 0.2) is 0 Å². The zero-order chi connectivity index (χ0) is 23.2. The van der Waals surface area contributed by atoms with Crippen LogP contribution in [0, 0.1) is 20.8 Å². The lowest BCUT2D eigenvalue weighted by Gasteiger charge is -2.32. The van der Waals surface area contributed by atoms with Crippen molar-refractivity contribution in [2.75, 3.05) is 13.1 Å². The molecule has 1 aliphatic heterocycles. The van der Waals surface area contributed by atoms with Gasteiger partial charge >= 0.3 is 0 Å². The highest BCUT2D eigenvalue weighted by Crippen LogP contribution is 2.22. The summed E-state index contributed by atoms with van der Waals surface area (Å²) in [6.07, 6.45) is 7.16. The van der Waals surface area contributed by atoms with E-state index in [9.17, 15) is 4.79 Å². The molecule has 1 saturated heterocycles. The van der Waals surface area contributed by atoms with Crippen LogP contribution in [0.2, 0.25) is 0 Å². The fourth-order valence-electron chi connectivity index (χ4n) is 4.41. The first kappa shape index (κ1) is 22.9. The Kier molecular flexibility index (Phi) is 7.35. The second-order valence-electron chi connectivity index (χ2n) is 8.89. The van der Waals surface area contributed by atoms with E-state index in [2.05, 4.69) is 53.1 Å². The number of nitrogens with zero attached hydrogens (tertiary/aromatic N) is 3. The third-order valence-corrected chi connectivity index (χ3v) is 6.24. The first-order chi connectivity index (χ1) is 16.0. The maximum absolute atomic E-state index is 12.2. The molecule has 3 heterocycles. The highest BCUT2D eigenvalue weighted by atomic mass is 16.5. The molecule has 0 saturated carbocycles. The lowest BCUT2D eigenvalue weighted by molar-refractivity contribution is 0.0930. The molecule has 0 aliphatic carbocycles. The molecule has 0 radical (unpaired) electrons. The van der Waals surface area contributed by atoms with Crippen LogP contribution in [0.3, 0.4) is 0 Å². The standard InChI is InChI=1S/C27H32N4O2/c1-19-14-20(2)25(21(3)15-19)18-31-12-8-24(9-13-31)33-26-5-4-22(16-29-26)17-30-27(32)23-6-10-28-11-7-23/h4-7,10-11,14-16,24H,8-9,12-13,17-18H2,1-3H3,(H,30,32). The molecule has 1 aromatic carbocycles. The molecule has 2 aromatic heterocycles. The minimum absolute atomic E-state index is 0.125. The van der Waals surface area contributed by atoms with Crippen LogP contribution in [0.4, 0.5) is 0 Å². The van der Waals surface area contributed by atoms with Crippen molar-refractivity contribution in [3.8, 4) is 5.88 Å². The molecule has 0 bridgehead atoms. The minimum Gasteiger partial charge on any atom is -0.474 e. The number of ether oxygens (including phenoxy) is 1. The zero-order valence-electron chi connectivity index (χ0n) is 19.7. The Bertz CT molecular complexity index is 1050. The van der Waals surface area contributed by atoms with Crippen LogP contribution in [0.5, 0.6) is 5.88 Å². The van der Waals surface area contributed by atoms with Crippen molar-refractivity contribution >= 4 is 5.91 Å². The molecule has 0 unspecified atom stereocenters. The summed E-state index contributed by atoms with van der Waals surface area (Å²) in [7, 11) is 0. The number of carbonyl (C=O) groups is 1. The fourth-order valence-corrected chi connectivity index (χ4v) is 4.41. The van der Waals surface area contributed by atoms with Crippen molar-refractivity contribution in [1.82, 2.24) is 20.2 Å². The summed E-state index contributed by atoms with van der Waals surface area (Å²) in [5.74, 6) is 0.517. The van der Waals surface area contributed by atoms with E-state index < -0.39 is 0 Å². The van der Waals surface area contributed by atoms with Gasteiger partial charge in [0.05, 0.1) is 0 Å². The lowest BCUT2D eigenvalue weighted by Crippen LogP contribution is -2.38. The Balaban J connectivity index is 1.23. The summed E-state index contributed by atoms with van der Waals surface area (Å²) >= 11 is 0. The molecule has 0 spiro atoms. The van der Waals surface area contributed by atoms with Gasteiger partial charge in [-0.25, -0.2) is 4.98 Å². The topological polar surface area (TPSA) is 67.3 Å². The number of benzene rings is 1. The number of rotatable bonds is 7. The van der Waals surface area contributed by atoms with Gasteiger partial charge in [0.25, 0.3) is 5.91 Å². The number of piperidine rings is 1. The first-order valence-electron chi connectivity index (χ1n) is 11.6. The molecule has 1 amide bonds. The Hall–Kier alpha value is -3.25. The molecule has 172 valence electrons. The number of hydrogen-bond acceptors (Lipinski definition) is 5. The second-order valence-corrected chi connectivity index (χ2v) is 8.89. The van der Waals surface area contributed by atoms with E-state index in [4.69, 9.17) is 4.74 Å². The number of amides is 1. The normalized spacial score (nSPS) is 14.8. The van der Waals surface area contributed by atoms with Crippen molar-refractivity contribution in [2.24, 2.45) is 0 Å².